The van der Waals surface area contributed by atoms with Crippen molar-refractivity contribution in [2.45, 2.75) is 45.7 Å². The minimum atomic E-state index is -0.871. The van der Waals surface area contributed by atoms with E-state index in [1.54, 1.807) is 0 Å². The second kappa shape index (κ2) is 5.83. The molecule has 2 unspecified atom stereocenters. The van der Waals surface area contributed by atoms with Crippen molar-refractivity contribution in [2.75, 3.05) is 0 Å². The lowest BCUT2D eigenvalue weighted by Gasteiger charge is -2.23. The third-order valence-corrected chi connectivity index (χ3v) is 3.62. The van der Waals surface area contributed by atoms with Gasteiger partial charge in [-0.25, -0.2) is 4.79 Å². The first-order valence-electron chi connectivity index (χ1n) is 5.29. The number of carbonyl (C=O) groups excluding carboxylic acids is 1. The molecule has 2 atom stereocenters. The fourth-order valence-corrected chi connectivity index (χ4v) is 2.85. The molecule has 17 heavy (non-hydrogen) atoms. The largest absolute Gasteiger partial charge is 0.425 e. The number of hydrogen-bond donors (Lipinski definition) is 0. The molecule has 3 nitrogen and oxygen atoms in total. The van der Waals surface area contributed by atoms with Crippen LogP contribution in [-0.2, 0) is 13.7 Å². The molecule has 98 valence electrons. The number of ether oxygens (including phenoxy) is 1. The van der Waals surface area contributed by atoms with Crippen LogP contribution in [0.3, 0.4) is 0 Å². The van der Waals surface area contributed by atoms with Crippen LogP contribution in [0.4, 0.5) is 0 Å². The van der Waals surface area contributed by atoms with Crippen LogP contribution >= 0.6 is 35.2 Å². The number of rotatable bonds is 4. The van der Waals surface area contributed by atoms with Gasteiger partial charge in [-0.2, -0.15) is 0 Å². The Morgan fingerprint density at radius 2 is 2.06 bits per heavy atom. The van der Waals surface area contributed by atoms with Gasteiger partial charge in [-0.1, -0.05) is 50.9 Å². The Bertz CT molecular complexity index is 336. The third kappa shape index (κ3) is 4.70. The van der Waals surface area contributed by atoms with Crippen LogP contribution in [0, 0.1) is 5.41 Å². The number of carbonyl (C=O) groups is 1. The Labute approximate surface area is 116 Å². The molecule has 0 radical (unpaired) electrons. The molecular weight excluding hydrogens is 283 g/mol. The zero-order chi connectivity index (χ0) is 13.2. The fraction of sp³-hybridized carbons (Fsp3) is 0.727. The van der Waals surface area contributed by atoms with E-state index in [0.29, 0.717) is 0 Å². The predicted octanol–water partition coefficient (Wildman–Crippen LogP) is 4.05. The van der Waals surface area contributed by atoms with Crippen LogP contribution in [0.1, 0.15) is 34.1 Å². The highest BCUT2D eigenvalue weighted by atomic mass is 35.5. The van der Waals surface area contributed by atoms with Gasteiger partial charge in [0.2, 0.25) is 0 Å². The monoisotopic (exact) mass is 298 g/mol. The summed E-state index contributed by atoms with van der Waals surface area (Å²) < 4.78 is 10.2. The van der Waals surface area contributed by atoms with E-state index in [-0.39, 0.29) is 20.7 Å². The number of cyclic esters (lactones) is 1. The molecule has 0 saturated carbocycles. The van der Waals surface area contributed by atoms with Crippen molar-refractivity contribution in [1.82, 2.24) is 0 Å². The molecular formula is C11H16Cl2O3S. The second-order valence-corrected chi connectivity index (χ2v) is 7.14. The summed E-state index contributed by atoms with van der Waals surface area (Å²) >= 11 is 12.7. The Morgan fingerprint density at radius 3 is 2.47 bits per heavy atom. The van der Waals surface area contributed by atoms with Gasteiger partial charge in [-0.05, 0) is 23.9 Å². The third-order valence-electron chi connectivity index (χ3n) is 2.02. The summed E-state index contributed by atoms with van der Waals surface area (Å²) in [4.78, 5) is 11.1. The Hall–Kier alpha value is 0.1000. The van der Waals surface area contributed by atoms with Crippen molar-refractivity contribution in [1.29, 1.82) is 0 Å². The molecule has 0 aromatic carbocycles. The highest BCUT2D eigenvalue weighted by Crippen LogP contribution is 2.34. The summed E-state index contributed by atoms with van der Waals surface area (Å²) in [6.07, 6.45) is 0.108. The lowest BCUT2D eigenvalue weighted by atomic mass is 9.91. The van der Waals surface area contributed by atoms with Crippen molar-refractivity contribution >= 4 is 41.2 Å². The normalized spacial score (nSPS) is 22.9. The maximum atomic E-state index is 11.1. The summed E-state index contributed by atoms with van der Waals surface area (Å²) in [5.41, 5.74) is 0.222. The summed E-state index contributed by atoms with van der Waals surface area (Å²) in [6.45, 7) is 8.52. The maximum Gasteiger partial charge on any atom is 0.353 e. The molecule has 0 aromatic heterocycles. The number of hydrogen-bond acceptors (Lipinski definition) is 4. The van der Waals surface area contributed by atoms with Gasteiger partial charge in [0.05, 0.1) is 0 Å². The molecule has 0 spiro atoms. The molecule has 1 rings (SSSR count). The van der Waals surface area contributed by atoms with Gasteiger partial charge in [0.15, 0.2) is 0 Å². The molecule has 0 bridgehead atoms. The van der Waals surface area contributed by atoms with E-state index < -0.39 is 12.3 Å². The van der Waals surface area contributed by atoms with E-state index in [0.717, 1.165) is 6.42 Å². The highest BCUT2D eigenvalue weighted by molar-refractivity contribution is 7.95. The smallest absolute Gasteiger partial charge is 0.353 e. The van der Waals surface area contributed by atoms with E-state index in [9.17, 15) is 4.79 Å². The molecule has 6 heteroatoms. The lowest BCUT2D eigenvalue weighted by molar-refractivity contribution is -0.147. The molecule has 0 saturated heterocycles. The maximum absolute atomic E-state index is 11.1. The zero-order valence-electron chi connectivity index (χ0n) is 10.3. The molecule has 1 heterocycles. The molecule has 0 aliphatic carbocycles. The predicted molar refractivity (Wildman–Crippen MR) is 70.8 cm³/mol. The first-order chi connectivity index (χ1) is 7.70. The van der Waals surface area contributed by atoms with Crippen molar-refractivity contribution in [3.63, 3.8) is 0 Å². The van der Waals surface area contributed by atoms with Gasteiger partial charge in [-0.3, -0.25) is 4.18 Å². The van der Waals surface area contributed by atoms with Crippen LogP contribution < -0.4 is 0 Å². The van der Waals surface area contributed by atoms with Crippen LogP contribution in [0.5, 0.6) is 0 Å². The summed E-state index contributed by atoms with van der Waals surface area (Å²) in [7, 11) is 0. The number of esters is 1. The van der Waals surface area contributed by atoms with Crippen LogP contribution in [0.25, 0.3) is 0 Å². The van der Waals surface area contributed by atoms with Gasteiger partial charge in [0.25, 0.3) is 6.29 Å². The Kier molecular flexibility index (Phi) is 5.20. The quantitative estimate of drug-likeness (QED) is 0.579. The summed E-state index contributed by atoms with van der Waals surface area (Å²) in [5, 5.41) is 0.297. The molecule has 1 aliphatic rings. The van der Waals surface area contributed by atoms with E-state index in [4.69, 9.17) is 32.1 Å². The zero-order valence-corrected chi connectivity index (χ0v) is 12.6. The van der Waals surface area contributed by atoms with Crippen LogP contribution in [0.15, 0.2) is 10.1 Å². The number of halogens is 2. The van der Waals surface area contributed by atoms with Gasteiger partial charge in [0, 0.05) is 5.25 Å². The van der Waals surface area contributed by atoms with Crippen molar-refractivity contribution in [3.8, 4) is 0 Å². The molecule has 0 aromatic rings. The van der Waals surface area contributed by atoms with Gasteiger partial charge in [0.1, 0.15) is 10.1 Å². The topological polar surface area (TPSA) is 35.5 Å². The fourth-order valence-electron chi connectivity index (χ4n) is 1.51. The first-order valence-corrected chi connectivity index (χ1v) is 6.85. The highest BCUT2D eigenvalue weighted by Gasteiger charge is 2.34. The van der Waals surface area contributed by atoms with Gasteiger partial charge < -0.3 is 4.74 Å². The van der Waals surface area contributed by atoms with Crippen molar-refractivity contribution < 1.29 is 13.7 Å². The lowest BCUT2D eigenvalue weighted by Crippen LogP contribution is -2.16. The molecule has 0 N–H and O–H groups in total. The molecule has 0 amide bonds. The average molecular weight is 299 g/mol. The Balaban J connectivity index is 2.40. The summed E-state index contributed by atoms with van der Waals surface area (Å²) in [5.74, 6) is -0.634. The van der Waals surface area contributed by atoms with Gasteiger partial charge >= 0.3 is 5.97 Å². The Morgan fingerprint density at radius 1 is 1.47 bits per heavy atom. The van der Waals surface area contributed by atoms with E-state index in [1.165, 1.54) is 12.0 Å². The second-order valence-electron chi connectivity index (χ2n) is 5.17. The average Bonchev–Trinajstić information content (AvgIpc) is 2.40. The minimum absolute atomic E-state index is 0.0965. The van der Waals surface area contributed by atoms with E-state index >= 15 is 0 Å². The first kappa shape index (κ1) is 15.2. The minimum Gasteiger partial charge on any atom is -0.425 e. The molecule has 0 fully saturated rings. The van der Waals surface area contributed by atoms with E-state index in [2.05, 4.69) is 20.8 Å². The molecule has 1 aliphatic heterocycles. The van der Waals surface area contributed by atoms with Crippen LogP contribution in [0.2, 0.25) is 0 Å². The van der Waals surface area contributed by atoms with Crippen molar-refractivity contribution in [2.24, 2.45) is 5.41 Å². The van der Waals surface area contributed by atoms with Gasteiger partial charge in [-0.15, -0.1) is 0 Å². The SMILES string of the molecule is CC(CC(C)(C)C)SOC1OC(=O)C(Cl)=C1Cl. The van der Waals surface area contributed by atoms with E-state index in [1.807, 2.05) is 6.92 Å². The van der Waals surface area contributed by atoms with Crippen molar-refractivity contribution in [3.05, 3.63) is 10.1 Å². The summed E-state index contributed by atoms with van der Waals surface area (Å²) in [6, 6.07) is 0. The van der Waals surface area contributed by atoms with Crippen LogP contribution in [-0.4, -0.2) is 17.5 Å². The standard InChI is InChI=1S/C11H16Cl2O3S/c1-6(5-11(2,3)4)17-16-10-8(13)7(12)9(14)15-10/h6,10H,5H2,1-4H3.